The molecule has 0 amide bonds. The fourth-order valence-electron chi connectivity index (χ4n) is 1.18. The second kappa shape index (κ2) is 4.94. The van der Waals surface area contributed by atoms with Crippen LogP contribution in [0.1, 0.15) is 23.4 Å². The van der Waals surface area contributed by atoms with Crippen molar-refractivity contribution >= 4 is 23.4 Å². The number of alkyl halides is 1. The van der Waals surface area contributed by atoms with Gasteiger partial charge in [0, 0.05) is 0 Å². The molecule has 0 aliphatic carbocycles. The highest BCUT2D eigenvalue weighted by atomic mass is 35.5. The fraction of sp³-hybridized carbons (Fsp3) is 0.273. The van der Waals surface area contributed by atoms with Crippen LogP contribution >= 0.6 is 11.6 Å². The van der Waals surface area contributed by atoms with Gasteiger partial charge in [-0.3, -0.25) is 4.79 Å². The summed E-state index contributed by atoms with van der Waals surface area (Å²) >= 11 is 5.72. The maximum Gasteiger partial charge on any atom is 0.374 e. The Hall–Kier alpha value is -1.35. The van der Waals surface area contributed by atoms with Gasteiger partial charge in [-0.25, -0.2) is 4.79 Å². The van der Waals surface area contributed by atoms with Crippen LogP contribution in [0.25, 0.3) is 0 Å². The van der Waals surface area contributed by atoms with Gasteiger partial charge in [-0.2, -0.15) is 0 Å². The molecule has 1 atom stereocenters. The number of carbonyl (C=O) groups is 2. The molecule has 15 heavy (non-hydrogen) atoms. The number of hydrogen-bond acceptors (Lipinski definition) is 2. The Morgan fingerprint density at radius 1 is 1.33 bits per heavy atom. The summed E-state index contributed by atoms with van der Waals surface area (Å²) < 4.78 is 0. The summed E-state index contributed by atoms with van der Waals surface area (Å²) in [4.78, 5) is 21.5. The third-order valence-electron chi connectivity index (χ3n) is 2.12. The summed E-state index contributed by atoms with van der Waals surface area (Å²) in [6.07, 6.45) is 0.889. The highest BCUT2D eigenvalue weighted by molar-refractivity contribution is 6.47. The number of ketones is 1. The van der Waals surface area contributed by atoms with Crippen molar-refractivity contribution in [2.45, 2.75) is 18.7 Å². The van der Waals surface area contributed by atoms with E-state index in [1.54, 1.807) is 12.1 Å². The molecule has 0 bridgehead atoms. The van der Waals surface area contributed by atoms with E-state index < -0.39 is 17.1 Å². The van der Waals surface area contributed by atoms with Crippen molar-refractivity contribution < 1.29 is 14.7 Å². The lowest BCUT2D eigenvalue weighted by Crippen LogP contribution is -2.17. The minimum Gasteiger partial charge on any atom is -0.475 e. The molecule has 0 fully saturated rings. The number of carbonyl (C=O) groups excluding carboxylic acids is 1. The third-order valence-corrected chi connectivity index (χ3v) is 2.57. The van der Waals surface area contributed by atoms with Crippen LogP contribution < -0.4 is 0 Å². The molecule has 4 heteroatoms. The number of halogens is 1. The van der Waals surface area contributed by atoms with Crippen molar-refractivity contribution in [3.05, 3.63) is 35.4 Å². The summed E-state index contributed by atoms with van der Waals surface area (Å²) in [6, 6.07) is 7.02. The van der Waals surface area contributed by atoms with E-state index >= 15 is 0 Å². The Morgan fingerprint density at radius 2 is 1.87 bits per heavy atom. The zero-order valence-corrected chi connectivity index (χ0v) is 8.99. The van der Waals surface area contributed by atoms with E-state index in [4.69, 9.17) is 16.7 Å². The van der Waals surface area contributed by atoms with Crippen LogP contribution in [-0.4, -0.2) is 16.9 Å². The molecule has 80 valence electrons. The molecular weight excluding hydrogens is 216 g/mol. The first-order valence-corrected chi connectivity index (χ1v) is 5.00. The highest BCUT2D eigenvalue weighted by Crippen LogP contribution is 2.22. The van der Waals surface area contributed by atoms with E-state index in [1.807, 2.05) is 19.1 Å². The molecule has 0 saturated heterocycles. The molecule has 1 rings (SSSR count). The molecule has 0 aliphatic rings. The van der Waals surface area contributed by atoms with Crippen molar-refractivity contribution in [1.82, 2.24) is 0 Å². The number of hydrogen-bond donors (Lipinski definition) is 1. The Bertz CT molecular complexity index is 370. The SMILES string of the molecule is CCc1ccc(C(Cl)C(=O)C(=O)O)cc1. The van der Waals surface area contributed by atoms with E-state index in [1.165, 1.54) is 0 Å². The van der Waals surface area contributed by atoms with Gasteiger partial charge in [0.1, 0.15) is 5.38 Å². The van der Waals surface area contributed by atoms with Crippen LogP contribution in [-0.2, 0) is 16.0 Å². The first-order chi connectivity index (χ1) is 7.06. The molecule has 1 N–H and O–H groups in total. The highest BCUT2D eigenvalue weighted by Gasteiger charge is 2.23. The average molecular weight is 227 g/mol. The zero-order chi connectivity index (χ0) is 11.4. The van der Waals surface area contributed by atoms with E-state index in [9.17, 15) is 9.59 Å². The van der Waals surface area contributed by atoms with Gasteiger partial charge in [-0.15, -0.1) is 11.6 Å². The number of rotatable bonds is 4. The second-order valence-corrected chi connectivity index (χ2v) is 3.56. The summed E-state index contributed by atoms with van der Waals surface area (Å²) in [7, 11) is 0. The van der Waals surface area contributed by atoms with Gasteiger partial charge in [0.05, 0.1) is 0 Å². The van der Waals surface area contributed by atoms with Crippen molar-refractivity contribution in [2.75, 3.05) is 0 Å². The topological polar surface area (TPSA) is 54.4 Å². The number of benzene rings is 1. The normalized spacial score (nSPS) is 12.1. The predicted molar refractivity (Wildman–Crippen MR) is 57.1 cm³/mol. The Labute approximate surface area is 92.7 Å². The van der Waals surface area contributed by atoms with Crippen molar-refractivity contribution in [3.63, 3.8) is 0 Å². The van der Waals surface area contributed by atoms with Gasteiger partial charge in [-0.05, 0) is 17.5 Å². The quantitative estimate of drug-likeness (QED) is 0.633. The number of aliphatic carboxylic acids is 1. The van der Waals surface area contributed by atoms with Crippen LogP contribution in [0.4, 0.5) is 0 Å². The molecule has 3 nitrogen and oxygen atoms in total. The van der Waals surface area contributed by atoms with Gasteiger partial charge < -0.3 is 5.11 Å². The molecule has 0 spiro atoms. The lowest BCUT2D eigenvalue weighted by atomic mass is 10.1. The van der Waals surface area contributed by atoms with Gasteiger partial charge >= 0.3 is 5.97 Å². The number of carboxylic acids is 1. The minimum absolute atomic E-state index is 0.515. The van der Waals surface area contributed by atoms with Gasteiger partial charge in [-0.1, -0.05) is 31.2 Å². The summed E-state index contributed by atoms with van der Waals surface area (Å²) in [5, 5.41) is 7.38. The molecule has 1 unspecified atom stereocenters. The largest absolute Gasteiger partial charge is 0.475 e. The number of carboxylic acid groups (broad SMARTS) is 1. The van der Waals surface area contributed by atoms with Gasteiger partial charge in [0.2, 0.25) is 0 Å². The Balaban J connectivity index is 2.87. The zero-order valence-electron chi connectivity index (χ0n) is 8.24. The Kier molecular flexibility index (Phi) is 3.86. The maximum atomic E-state index is 11.1. The smallest absolute Gasteiger partial charge is 0.374 e. The predicted octanol–water partition coefficient (Wildman–Crippen LogP) is 2.18. The fourth-order valence-corrected chi connectivity index (χ4v) is 1.42. The molecule has 0 radical (unpaired) electrons. The average Bonchev–Trinajstić information content (AvgIpc) is 2.27. The standard InChI is InChI=1S/C11H11ClO3/c1-2-7-3-5-8(6-4-7)9(12)10(13)11(14)15/h3-6,9H,2H2,1H3,(H,14,15). The molecule has 0 heterocycles. The van der Waals surface area contributed by atoms with Crippen LogP contribution in [0.2, 0.25) is 0 Å². The number of aryl methyl sites for hydroxylation is 1. The maximum absolute atomic E-state index is 11.1. The van der Waals surface area contributed by atoms with Crippen LogP contribution in [0.15, 0.2) is 24.3 Å². The van der Waals surface area contributed by atoms with E-state index in [2.05, 4.69) is 0 Å². The van der Waals surface area contributed by atoms with E-state index in [0.29, 0.717) is 5.56 Å². The van der Waals surface area contributed by atoms with E-state index in [-0.39, 0.29) is 0 Å². The second-order valence-electron chi connectivity index (χ2n) is 3.13. The molecule has 1 aromatic carbocycles. The molecule has 0 aromatic heterocycles. The van der Waals surface area contributed by atoms with Crippen LogP contribution in [0.3, 0.4) is 0 Å². The summed E-state index contributed by atoms with van der Waals surface area (Å²) in [5.74, 6) is -2.50. The first kappa shape index (κ1) is 11.7. The van der Waals surface area contributed by atoms with Crippen molar-refractivity contribution in [3.8, 4) is 0 Å². The molecule has 0 aliphatic heterocycles. The first-order valence-electron chi connectivity index (χ1n) is 4.56. The van der Waals surface area contributed by atoms with Gasteiger partial charge in [0.25, 0.3) is 5.78 Å². The van der Waals surface area contributed by atoms with Gasteiger partial charge in [0.15, 0.2) is 0 Å². The van der Waals surface area contributed by atoms with E-state index in [0.717, 1.165) is 12.0 Å². The summed E-state index contributed by atoms with van der Waals surface area (Å²) in [6.45, 7) is 2.01. The molecule has 1 aromatic rings. The van der Waals surface area contributed by atoms with Crippen LogP contribution in [0, 0.1) is 0 Å². The minimum atomic E-state index is -1.51. The van der Waals surface area contributed by atoms with Crippen molar-refractivity contribution in [2.24, 2.45) is 0 Å². The number of Topliss-reactive ketones (excluding diaryl/α,β-unsaturated/α-hetero) is 1. The molecule has 0 saturated carbocycles. The molecular formula is C11H11ClO3. The summed E-state index contributed by atoms with van der Waals surface area (Å²) in [5.41, 5.74) is 1.63. The lowest BCUT2D eigenvalue weighted by Gasteiger charge is -2.06. The monoisotopic (exact) mass is 226 g/mol. The lowest BCUT2D eigenvalue weighted by molar-refractivity contribution is -0.148. The third kappa shape index (κ3) is 2.80. The Morgan fingerprint density at radius 3 is 2.27 bits per heavy atom. The van der Waals surface area contributed by atoms with Crippen LogP contribution in [0.5, 0.6) is 0 Å². The van der Waals surface area contributed by atoms with Crippen molar-refractivity contribution in [1.29, 1.82) is 0 Å².